The van der Waals surface area contributed by atoms with Gasteiger partial charge in [0.2, 0.25) is 0 Å². The molecule has 0 saturated carbocycles. The van der Waals surface area contributed by atoms with E-state index in [0.717, 1.165) is 6.07 Å². The van der Waals surface area contributed by atoms with Crippen molar-refractivity contribution in [2.75, 3.05) is 6.26 Å². The second-order valence-electron chi connectivity index (χ2n) is 2.24. The molecular formula is C8H8F2OS. The molecule has 0 aliphatic heterocycles. The standard InChI is InChI=1S/C8H8F2OS/c1-12-8-2-5(4-11)6(9)3-7(8)10/h2-3,11H,4H2,1H3. The number of hydrogen-bond donors (Lipinski definition) is 1. The quantitative estimate of drug-likeness (QED) is 0.721. The molecule has 0 atom stereocenters. The van der Waals surface area contributed by atoms with Gasteiger partial charge in [-0.25, -0.2) is 8.78 Å². The van der Waals surface area contributed by atoms with Gasteiger partial charge in [-0.2, -0.15) is 0 Å². The Balaban J connectivity index is 3.18. The predicted molar refractivity (Wildman–Crippen MR) is 44.1 cm³/mol. The molecule has 0 unspecified atom stereocenters. The number of hydrogen-bond acceptors (Lipinski definition) is 2. The highest BCUT2D eigenvalue weighted by Crippen LogP contribution is 2.22. The first kappa shape index (κ1) is 9.48. The largest absolute Gasteiger partial charge is 0.392 e. The van der Waals surface area contributed by atoms with Gasteiger partial charge >= 0.3 is 0 Å². The van der Waals surface area contributed by atoms with Crippen molar-refractivity contribution in [3.8, 4) is 0 Å². The number of aliphatic hydroxyl groups is 1. The Bertz CT molecular complexity index is 263. The third-order valence-electron chi connectivity index (χ3n) is 1.49. The Morgan fingerprint density at radius 2 is 2.00 bits per heavy atom. The van der Waals surface area contributed by atoms with Crippen LogP contribution in [0.2, 0.25) is 0 Å². The first-order valence-corrected chi connectivity index (χ1v) is 4.54. The molecule has 66 valence electrons. The molecule has 1 aromatic rings. The topological polar surface area (TPSA) is 20.2 Å². The number of halogens is 2. The maximum Gasteiger partial charge on any atom is 0.139 e. The molecule has 0 aromatic heterocycles. The summed E-state index contributed by atoms with van der Waals surface area (Å²) < 4.78 is 25.6. The molecule has 0 fully saturated rings. The highest BCUT2D eigenvalue weighted by atomic mass is 32.2. The summed E-state index contributed by atoms with van der Waals surface area (Å²) in [6.07, 6.45) is 1.69. The Kier molecular flexibility index (Phi) is 3.05. The van der Waals surface area contributed by atoms with Crippen molar-refractivity contribution < 1.29 is 13.9 Å². The molecule has 0 amide bonds. The number of aliphatic hydroxyl groups excluding tert-OH is 1. The molecule has 1 nitrogen and oxygen atoms in total. The fourth-order valence-electron chi connectivity index (χ4n) is 0.849. The number of thioether (sulfide) groups is 1. The van der Waals surface area contributed by atoms with Gasteiger partial charge in [-0.05, 0) is 12.3 Å². The lowest BCUT2D eigenvalue weighted by molar-refractivity contribution is 0.275. The summed E-state index contributed by atoms with van der Waals surface area (Å²) >= 11 is 1.18. The van der Waals surface area contributed by atoms with E-state index in [1.807, 2.05) is 0 Å². The van der Waals surface area contributed by atoms with Crippen LogP contribution >= 0.6 is 11.8 Å². The van der Waals surface area contributed by atoms with Crippen molar-refractivity contribution in [2.24, 2.45) is 0 Å². The lowest BCUT2D eigenvalue weighted by Gasteiger charge is -2.03. The molecule has 1 N–H and O–H groups in total. The van der Waals surface area contributed by atoms with E-state index in [2.05, 4.69) is 0 Å². The Hall–Kier alpha value is -0.610. The SMILES string of the molecule is CSc1cc(CO)c(F)cc1F. The monoisotopic (exact) mass is 190 g/mol. The summed E-state index contributed by atoms with van der Waals surface area (Å²) in [5.41, 5.74) is 0.126. The van der Waals surface area contributed by atoms with Crippen LogP contribution in [-0.4, -0.2) is 11.4 Å². The van der Waals surface area contributed by atoms with Gasteiger partial charge in [-0.3, -0.25) is 0 Å². The predicted octanol–water partition coefficient (Wildman–Crippen LogP) is 2.18. The van der Waals surface area contributed by atoms with Crippen LogP contribution in [0.5, 0.6) is 0 Å². The van der Waals surface area contributed by atoms with E-state index in [0.29, 0.717) is 4.90 Å². The molecule has 0 aliphatic rings. The molecule has 0 radical (unpaired) electrons. The Morgan fingerprint density at radius 3 is 2.50 bits per heavy atom. The third kappa shape index (κ3) is 1.76. The van der Waals surface area contributed by atoms with Crippen LogP contribution in [0.1, 0.15) is 5.56 Å². The van der Waals surface area contributed by atoms with Gasteiger partial charge in [0.05, 0.1) is 6.61 Å². The molecule has 0 bridgehead atoms. The lowest BCUT2D eigenvalue weighted by atomic mass is 10.2. The van der Waals surface area contributed by atoms with Crippen molar-refractivity contribution in [3.63, 3.8) is 0 Å². The highest BCUT2D eigenvalue weighted by Gasteiger charge is 2.07. The molecule has 0 spiro atoms. The molecular weight excluding hydrogens is 182 g/mol. The number of rotatable bonds is 2. The fourth-order valence-corrected chi connectivity index (χ4v) is 1.36. The summed E-state index contributed by atoms with van der Waals surface area (Å²) in [6.45, 7) is -0.403. The summed E-state index contributed by atoms with van der Waals surface area (Å²) in [7, 11) is 0. The van der Waals surface area contributed by atoms with Crippen molar-refractivity contribution in [1.82, 2.24) is 0 Å². The maximum absolute atomic E-state index is 12.8. The second-order valence-corrected chi connectivity index (χ2v) is 3.08. The molecule has 12 heavy (non-hydrogen) atoms. The summed E-state index contributed by atoms with van der Waals surface area (Å²) in [4.78, 5) is 0.348. The Morgan fingerprint density at radius 1 is 1.33 bits per heavy atom. The van der Waals surface area contributed by atoms with Crippen LogP contribution in [0.4, 0.5) is 8.78 Å². The highest BCUT2D eigenvalue weighted by molar-refractivity contribution is 7.98. The van der Waals surface area contributed by atoms with E-state index < -0.39 is 18.2 Å². The van der Waals surface area contributed by atoms with E-state index in [1.54, 1.807) is 6.26 Å². The Labute approximate surface area is 73.4 Å². The van der Waals surface area contributed by atoms with Gasteiger partial charge in [-0.1, -0.05) is 0 Å². The zero-order chi connectivity index (χ0) is 9.14. The summed E-state index contributed by atoms with van der Waals surface area (Å²) in [5.74, 6) is -1.29. The smallest absolute Gasteiger partial charge is 0.139 e. The van der Waals surface area contributed by atoms with Crippen LogP contribution in [0.25, 0.3) is 0 Å². The molecule has 0 saturated heterocycles. The van der Waals surface area contributed by atoms with Crippen LogP contribution in [0, 0.1) is 11.6 Å². The molecule has 4 heteroatoms. The minimum Gasteiger partial charge on any atom is -0.392 e. The molecule has 0 heterocycles. The second kappa shape index (κ2) is 3.87. The van der Waals surface area contributed by atoms with Gasteiger partial charge < -0.3 is 5.11 Å². The minimum absolute atomic E-state index is 0.126. The van der Waals surface area contributed by atoms with Gasteiger partial charge in [-0.15, -0.1) is 11.8 Å². The van der Waals surface area contributed by atoms with Gasteiger partial charge in [0, 0.05) is 16.5 Å². The molecule has 0 aliphatic carbocycles. The normalized spacial score (nSPS) is 10.3. The lowest BCUT2D eigenvalue weighted by Crippen LogP contribution is -1.93. The average Bonchev–Trinajstić information content (AvgIpc) is 2.05. The van der Waals surface area contributed by atoms with Crippen molar-refractivity contribution in [2.45, 2.75) is 11.5 Å². The zero-order valence-electron chi connectivity index (χ0n) is 6.47. The summed E-state index contributed by atoms with van der Waals surface area (Å²) in [6, 6.07) is 2.10. The maximum atomic E-state index is 12.8. The molecule has 1 rings (SSSR count). The van der Waals surface area contributed by atoms with Crippen LogP contribution < -0.4 is 0 Å². The molecule has 1 aromatic carbocycles. The van der Waals surface area contributed by atoms with E-state index >= 15 is 0 Å². The first-order chi connectivity index (χ1) is 5.69. The van der Waals surface area contributed by atoms with E-state index in [1.165, 1.54) is 17.8 Å². The van der Waals surface area contributed by atoms with Crippen molar-refractivity contribution in [1.29, 1.82) is 0 Å². The van der Waals surface area contributed by atoms with Gasteiger partial charge in [0.1, 0.15) is 11.6 Å². The van der Waals surface area contributed by atoms with E-state index in [4.69, 9.17) is 5.11 Å². The third-order valence-corrected chi connectivity index (χ3v) is 2.24. The van der Waals surface area contributed by atoms with E-state index in [-0.39, 0.29) is 5.56 Å². The average molecular weight is 190 g/mol. The first-order valence-electron chi connectivity index (χ1n) is 3.31. The van der Waals surface area contributed by atoms with Gasteiger partial charge in [0.25, 0.3) is 0 Å². The summed E-state index contributed by atoms with van der Waals surface area (Å²) in [5, 5.41) is 8.66. The van der Waals surface area contributed by atoms with Crippen molar-refractivity contribution >= 4 is 11.8 Å². The number of benzene rings is 1. The fraction of sp³-hybridized carbons (Fsp3) is 0.250. The minimum atomic E-state index is -0.701. The van der Waals surface area contributed by atoms with Crippen LogP contribution in [0.15, 0.2) is 17.0 Å². The zero-order valence-corrected chi connectivity index (χ0v) is 7.29. The van der Waals surface area contributed by atoms with Gasteiger partial charge in [0.15, 0.2) is 0 Å². The van der Waals surface area contributed by atoms with Crippen LogP contribution in [0.3, 0.4) is 0 Å². The van der Waals surface area contributed by atoms with Crippen LogP contribution in [-0.2, 0) is 6.61 Å². The van der Waals surface area contributed by atoms with E-state index in [9.17, 15) is 8.78 Å². The van der Waals surface area contributed by atoms with Crippen molar-refractivity contribution in [3.05, 3.63) is 29.3 Å².